The van der Waals surface area contributed by atoms with Crippen molar-refractivity contribution in [2.75, 3.05) is 18.0 Å². The third kappa shape index (κ3) is 3.97. The Morgan fingerprint density at radius 3 is 2.00 bits per heavy atom. The summed E-state index contributed by atoms with van der Waals surface area (Å²) in [7, 11) is 0. The minimum absolute atomic E-state index is 0.0795. The highest BCUT2D eigenvalue weighted by Crippen LogP contribution is 2.20. The summed E-state index contributed by atoms with van der Waals surface area (Å²) >= 11 is 10.9. The largest absolute Gasteiger partial charge is 0.406 e. The Kier molecular flexibility index (Phi) is 4.15. The van der Waals surface area contributed by atoms with Crippen LogP contribution >= 0.6 is 23.2 Å². The van der Waals surface area contributed by atoms with Gasteiger partial charge in [0.1, 0.15) is 6.54 Å². The molecule has 1 aromatic rings. The van der Waals surface area contributed by atoms with Gasteiger partial charge >= 0.3 is 6.18 Å². The molecule has 0 bridgehead atoms. The quantitative estimate of drug-likeness (QED) is 0.850. The Bertz CT molecular complexity index is 351. The molecule has 0 N–H and O–H groups in total. The number of aromatic nitrogens is 3. The van der Waals surface area contributed by atoms with Crippen molar-refractivity contribution in [1.29, 1.82) is 0 Å². The van der Waals surface area contributed by atoms with Crippen LogP contribution in [0.25, 0.3) is 0 Å². The molecule has 1 rings (SSSR count). The predicted molar refractivity (Wildman–Crippen MR) is 53.8 cm³/mol. The standard InChI is InChI=1S/C7H7Cl2F3N4/c1-2-16(3-7(10,11)12)6-14-4(8)13-5(9)15-6/h2-3H2,1H3. The average Bonchev–Trinajstić information content (AvgIpc) is 2.11. The van der Waals surface area contributed by atoms with Gasteiger partial charge in [-0.2, -0.15) is 28.1 Å². The molecule has 0 saturated carbocycles. The van der Waals surface area contributed by atoms with E-state index in [0.29, 0.717) is 0 Å². The summed E-state index contributed by atoms with van der Waals surface area (Å²) in [5.41, 5.74) is 0. The Balaban J connectivity index is 2.95. The minimum Gasteiger partial charge on any atom is -0.332 e. The first kappa shape index (κ1) is 13.2. The molecule has 0 atom stereocenters. The van der Waals surface area contributed by atoms with Crippen molar-refractivity contribution in [3.8, 4) is 0 Å². The van der Waals surface area contributed by atoms with Gasteiger partial charge in [-0.25, -0.2) is 0 Å². The van der Waals surface area contributed by atoms with Crippen LogP contribution in [0.2, 0.25) is 10.6 Å². The number of alkyl halides is 3. The van der Waals surface area contributed by atoms with E-state index in [-0.39, 0.29) is 23.1 Å². The zero-order valence-corrected chi connectivity index (χ0v) is 9.60. The first-order valence-corrected chi connectivity index (χ1v) is 4.96. The molecule has 0 aliphatic rings. The molecule has 0 radical (unpaired) electrons. The molecule has 0 aliphatic heterocycles. The van der Waals surface area contributed by atoms with Gasteiger partial charge in [-0.3, -0.25) is 0 Å². The lowest BCUT2D eigenvalue weighted by Gasteiger charge is -2.21. The third-order valence-electron chi connectivity index (χ3n) is 1.60. The van der Waals surface area contributed by atoms with Crippen LogP contribution < -0.4 is 4.90 Å². The van der Waals surface area contributed by atoms with Crippen molar-refractivity contribution in [2.24, 2.45) is 0 Å². The zero-order chi connectivity index (χ0) is 12.3. The normalized spacial score (nSPS) is 11.6. The summed E-state index contributed by atoms with van der Waals surface area (Å²) in [4.78, 5) is 11.5. The van der Waals surface area contributed by atoms with Crippen molar-refractivity contribution in [3.63, 3.8) is 0 Å². The SMILES string of the molecule is CCN(CC(F)(F)F)c1nc(Cl)nc(Cl)n1. The van der Waals surface area contributed by atoms with Crippen molar-refractivity contribution >= 4 is 29.2 Å². The van der Waals surface area contributed by atoms with E-state index < -0.39 is 12.7 Å². The van der Waals surface area contributed by atoms with Gasteiger partial charge < -0.3 is 4.90 Å². The van der Waals surface area contributed by atoms with E-state index >= 15 is 0 Å². The van der Waals surface area contributed by atoms with E-state index in [4.69, 9.17) is 23.2 Å². The second-order valence-electron chi connectivity index (χ2n) is 2.80. The first-order valence-electron chi connectivity index (χ1n) is 4.20. The summed E-state index contributed by atoms with van der Waals surface area (Å²) in [6, 6.07) is 0. The lowest BCUT2D eigenvalue weighted by atomic mass is 10.5. The molecule has 9 heteroatoms. The van der Waals surface area contributed by atoms with Crippen LogP contribution in [0, 0.1) is 0 Å². The maximum Gasteiger partial charge on any atom is 0.406 e. The molecule has 0 aromatic carbocycles. The van der Waals surface area contributed by atoms with E-state index in [0.717, 1.165) is 4.90 Å². The van der Waals surface area contributed by atoms with Crippen molar-refractivity contribution in [2.45, 2.75) is 13.1 Å². The molecular weight excluding hydrogens is 268 g/mol. The average molecular weight is 275 g/mol. The van der Waals surface area contributed by atoms with Crippen LogP contribution in [-0.2, 0) is 0 Å². The monoisotopic (exact) mass is 274 g/mol. The van der Waals surface area contributed by atoms with E-state index in [9.17, 15) is 13.2 Å². The van der Waals surface area contributed by atoms with Crippen LogP contribution in [0.3, 0.4) is 0 Å². The van der Waals surface area contributed by atoms with Crippen molar-refractivity contribution in [3.05, 3.63) is 10.6 Å². The fourth-order valence-corrected chi connectivity index (χ4v) is 1.35. The number of hydrogen-bond donors (Lipinski definition) is 0. The third-order valence-corrected chi connectivity index (χ3v) is 1.94. The highest BCUT2D eigenvalue weighted by Gasteiger charge is 2.31. The van der Waals surface area contributed by atoms with Crippen molar-refractivity contribution < 1.29 is 13.2 Å². The van der Waals surface area contributed by atoms with Gasteiger partial charge in [0.05, 0.1) is 0 Å². The second kappa shape index (κ2) is 5.01. The van der Waals surface area contributed by atoms with E-state index in [1.54, 1.807) is 0 Å². The lowest BCUT2D eigenvalue weighted by molar-refractivity contribution is -0.119. The molecule has 0 spiro atoms. The molecule has 16 heavy (non-hydrogen) atoms. The van der Waals surface area contributed by atoms with Gasteiger partial charge in [0.2, 0.25) is 16.5 Å². The fraction of sp³-hybridized carbons (Fsp3) is 0.571. The Labute approximate surface area is 99.4 Å². The molecule has 1 heterocycles. The molecule has 90 valence electrons. The summed E-state index contributed by atoms with van der Waals surface area (Å²) in [6.07, 6.45) is -4.35. The molecular formula is C7H7Cl2F3N4. The topological polar surface area (TPSA) is 41.9 Å². The first-order chi connectivity index (χ1) is 7.31. The molecule has 0 aliphatic carbocycles. The van der Waals surface area contributed by atoms with Crippen LogP contribution in [0.15, 0.2) is 0 Å². The highest BCUT2D eigenvalue weighted by atomic mass is 35.5. The minimum atomic E-state index is -4.35. The van der Waals surface area contributed by atoms with E-state index in [1.165, 1.54) is 6.92 Å². The van der Waals surface area contributed by atoms with Crippen LogP contribution in [-0.4, -0.2) is 34.2 Å². The number of nitrogens with zero attached hydrogens (tertiary/aromatic N) is 4. The molecule has 1 aromatic heterocycles. The number of anilines is 1. The van der Waals surface area contributed by atoms with Crippen LogP contribution in [0.5, 0.6) is 0 Å². The second-order valence-corrected chi connectivity index (χ2v) is 3.48. The highest BCUT2D eigenvalue weighted by molar-refractivity contribution is 6.31. The molecule has 0 fully saturated rings. The Hall–Kier alpha value is -0.820. The summed E-state index contributed by atoms with van der Waals surface area (Å²) < 4.78 is 36.6. The predicted octanol–water partition coefficient (Wildman–Crippen LogP) is 2.57. The van der Waals surface area contributed by atoms with Gasteiger partial charge in [0.15, 0.2) is 0 Å². The smallest absolute Gasteiger partial charge is 0.332 e. The zero-order valence-electron chi connectivity index (χ0n) is 8.09. The lowest BCUT2D eigenvalue weighted by Crippen LogP contribution is -2.35. The number of hydrogen-bond acceptors (Lipinski definition) is 4. The molecule has 0 saturated heterocycles. The summed E-state index contributed by atoms with van der Waals surface area (Å²) in [5, 5.41) is -0.480. The molecule has 0 unspecified atom stereocenters. The van der Waals surface area contributed by atoms with E-state index in [2.05, 4.69) is 15.0 Å². The maximum absolute atomic E-state index is 12.2. The maximum atomic E-state index is 12.2. The van der Waals surface area contributed by atoms with Gasteiger partial charge in [0.25, 0.3) is 0 Å². The summed E-state index contributed by atoms with van der Waals surface area (Å²) in [6.45, 7) is 0.452. The van der Waals surface area contributed by atoms with Gasteiger partial charge in [-0.05, 0) is 30.1 Å². The summed E-state index contributed by atoms with van der Waals surface area (Å²) in [5.74, 6) is -0.190. The van der Waals surface area contributed by atoms with Crippen LogP contribution in [0.1, 0.15) is 6.92 Å². The van der Waals surface area contributed by atoms with E-state index in [1.807, 2.05) is 0 Å². The van der Waals surface area contributed by atoms with Gasteiger partial charge in [-0.1, -0.05) is 0 Å². The fourth-order valence-electron chi connectivity index (χ4n) is 0.998. The van der Waals surface area contributed by atoms with Gasteiger partial charge in [0, 0.05) is 6.54 Å². The Morgan fingerprint density at radius 2 is 1.62 bits per heavy atom. The number of halogens is 5. The molecule has 4 nitrogen and oxygen atoms in total. The Morgan fingerprint density at radius 1 is 1.12 bits per heavy atom. The van der Waals surface area contributed by atoms with Crippen LogP contribution in [0.4, 0.5) is 19.1 Å². The van der Waals surface area contributed by atoms with Gasteiger partial charge in [-0.15, -0.1) is 0 Å². The number of rotatable bonds is 3. The molecule has 0 amide bonds. The van der Waals surface area contributed by atoms with Crippen molar-refractivity contribution in [1.82, 2.24) is 15.0 Å².